The van der Waals surface area contributed by atoms with Crippen LogP contribution >= 0.6 is 0 Å². The number of nitrogens with one attached hydrogen (secondary N) is 1. The van der Waals surface area contributed by atoms with E-state index in [0.29, 0.717) is 19.0 Å². The van der Waals surface area contributed by atoms with Crippen molar-refractivity contribution in [2.45, 2.75) is 33.0 Å². The Kier molecular flexibility index (Phi) is 6.01. The van der Waals surface area contributed by atoms with Crippen molar-refractivity contribution in [1.82, 2.24) is 5.32 Å². The molecule has 1 rings (SSSR count). The third kappa shape index (κ3) is 4.98. The predicted octanol–water partition coefficient (Wildman–Crippen LogP) is 2.36. The summed E-state index contributed by atoms with van der Waals surface area (Å²) in [5.74, 6) is 0.629. The highest BCUT2D eigenvalue weighted by Gasteiger charge is 2.10. The lowest BCUT2D eigenvalue weighted by atomic mass is 10.0. The molecule has 0 spiro atoms. The number of halogens is 2. The van der Waals surface area contributed by atoms with Crippen LogP contribution in [-0.4, -0.2) is 19.2 Å². The van der Waals surface area contributed by atoms with E-state index in [2.05, 4.69) is 23.9 Å². The van der Waals surface area contributed by atoms with Gasteiger partial charge in [0.05, 0.1) is 0 Å². The number of hydrogen-bond donors (Lipinski definition) is 2. The lowest BCUT2D eigenvalue weighted by Crippen LogP contribution is -2.39. The van der Waals surface area contributed by atoms with Crippen LogP contribution in [0.4, 0.5) is 8.78 Å². The minimum absolute atomic E-state index is 0.174. The van der Waals surface area contributed by atoms with Gasteiger partial charge in [0.2, 0.25) is 0 Å². The Hall–Kier alpha value is -1.20. The van der Waals surface area contributed by atoms with Gasteiger partial charge in [-0.05, 0) is 23.6 Å². The highest BCUT2D eigenvalue weighted by molar-refractivity contribution is 5.27. The molecule has 3 nitrogen and oxygen atoms in total. The van der Waals surface area contributed by atoms with Gasteiger partial charge in [0.25, 0.3) is 0 Å². The van der Waals surface area contributed by atoms with Gasteiger partial charge < -0.3 is 15.8 Å². The van der Waals surface area contributed by atoms with Crippen LogP contribution in [0.3, 0.4) is 0 Å². The van der Waals surface area contributed by atoms with Crippen LogP contribution in [-0.2, 0) is 6.54 Å². The molecule has 18 heavy (non-hydrogen) atoms. The maximum atomic E-state index is 12.0. The summed E-state index contributed by atoms with van der Waals surface area (Å²) >= 11 is 0. The van der Waals surface area contributed by atoms with Gasteiger partial charge in [-0.1, -0.05) is 26.0 Å². The summed E-state index contributed by atoms with van der Waals surface area (Å²) in [4.78, 5) is 0. The van der Waals surface area contributed by atoms with Gasteiger partial charge in [0, 0.05) is 19.1 Å². The molecule has 1 atom stereocenters. The molecule has 0 heterocycles. The molecule has 1 unspecified atom stereocenters. The second kappa shape index (κ2) is 7.28. The smallest absolute Gasteiger partial charge is 0.387 e. The molecule has 1 aromatic carbocycles. The molecule has 0 bridgehead atoms. The van der Waals surface area contributed by atoms with Crippen LogP contribution in [0.5, 0.6) is 5.75 Å². The van der Waals surface area contributed by atoms with Crippen molar-refractivity contribution in [3.05, 3.63) is 29.8 Å². The van der Waals surface area contributed by atoms with E-state index in [1.807, 2.05) is 0 Å². The standard InChI is InChI=1S/C13H20F2N2O/c1-9(2)12(7-16)17-8-10-3-5-11(6-4-10)18-13(14)15/h3-6,9,12-13,17H,7-8,16H2,1-2H3. The molecule has 0 aliphatic heterocycles. The quantitative estimate of drug-likeness (QED) is 0.789. The topological polar surface area (TPSA) is 47.3 Å². The molecule has 102 valence electrons. The van der Waals surface area contributed by atoms with Gasteiger partial charge in [-0.2, -0.15) is 8.78 Å². The normalized spacial score (nSPS) is 13.1. The Bertz CT molecular complexity index is 341. The molecule has 0 amide bonds. The van der Waals surface area contributed by atoms with E-state index in [-0.39, 0.29) is 11.8 Å². The van der Waals surface area contributed by atoms with Crippen LogP contribution in [0.15, 0.2) is 24.3 Å². The summed E-state index contributed by atoms with van der Waals surface area (Å²) in [6.07, 6.45) is 0. The number of ether oxygens (including phenoxy) is 1. The molecule has 0 aromatic heterocycles. The van der Waals surface area contributed by atoms with E-state index in [9.17, 15) is 8.78 Å². The Morgan fingerprint density at radius 1 is 1.22 bits per heavy atom. The highest BCUT2D eigenvalue weighted by Crippen LogP contribution is 2.15. The van der Waals surface area contributed by atoms with Crippen LogP contribution in [0.2, 0.25) is 0 Å². The van der Waals surface area contributed by atoms with E-state index in [1.54, 1.807) is 12.1 Å². The zero-order valence-corrected chi connectivity index (χ0v) is 10.7. The number of rotatable bonds is 7. The molecule has 0 saturated heterocycles. The molecule has 3 N–H and O–H groups in total. The van der Waals surface area contributed by atoms with E-state index < -0.39 is 6.61 Å². The van der Waals surface area contributed by atoms with Crippen molar-refractivity contribution >= 4 is 0 Å². The number of alkyl halides is 2. The summed E-state index contributed by atoms with van der Waals surface area (Å²) in [6, 6.07) is 6.85. The summed E-state index contributed by atoms with van der Waals surface area (Å²) in [6.45, 7) is 2.66. The van der Waals surface area contributed by atoms with Crippen LogP contribution < -0.4 is 15.8 Å². The van der Waals surface area contributed by atoms with Gasteiger partial charge >= 0.3 is 6.61 Å². The molecule has 0 aliphatic carbocycles. The van der Waals surface area contributed by atoms with E-state index >= 15 is 0 Å². The molecule has 0 fully saturated rings. The SMILES string of the molecule is CC(C)C(CN)NCc1ccc(OC(F)F)cc1. The molecule has 5 heteroatoms. The maximum absolute atomic E-state index is 12.0. The zero-order chi connectivity index (χ0) is 13.5. The average molecular weight is 258 g/mol. The van der Waals surface area contributed by atoms with Gasteiger partial charge in [0.1, 0.15) is 5.75 Å². The van der Waals surface area contributed by atoms with Gasteiger partial charge in [-0.15, -0.1) is 0 Å². The lowest BCUT2D eigenvalue weighted by molar-refractivity contribution is -0.0498. The molecule has 0 aliphatic rings. The first-order valence-corrected chi connectivity index (χ1v) is 6.00. The predicted molar refractivity (Wildman–Crippen MR) is 67.6 cm³/mol. The first-order valence-electron chi connectivity index (χ1n) is 6.00. The van der Waals surface area contributed by atoms with Crippen LogP contribution in [0.25, 0.3) is 0 Å². The van der Waals surface area contributed by atoms with E-state index in [0.717, 1.165) is 5.56 Å². The van der Waals surface area contributed by atoms with Gasteiger partial charge in [-0.25, -0.2) is 0 Å². The summed E-state index contributed by atoms with van der Waals surface area (Å²) in [7, 11) is 0. The summed E-state index contributed by atoms with van der Waals surface area (Å²) < 4.78 is 28.2. The Morgan fingerprint density at radius 3 is 2.28 bits per heavy atom. The number of nitrogens with two attached hydrogens (primary N) is 1. The Balaban J connectivity index is 2.48. The second-order valence-electron chi connectivity index (χ2n) is 4.49. The van der Waals surface area contributed by atoms with Crippen molar-refractivity contribution in [3.8, 4) is 5.75 Å². The lowest BCUT2D eigenvalue weighted by Gasteiger charge is -2.20. The van der Waals surface area contributed by atoms with E-state index in [1.165, 1.54) is 12.1 Å². The van der Waals surface area contributed by atoms with Crippen LogP contribution in [0, 0.1) is 5.92 Å². The minimum Gasteiger partial charge on any atom is -0.435 e. The third-order valence-electron chi connectivity index (χ3n) is 2.78. The van der Waals surface area contributed by atoms with Crippen molar-refractivity contribution in [1.29, 1.82) is 0 Å². The summed E-state index contributed by atoms with van der Waals surface area (Å²) in [5, 5.41) is 3.33. The van der Waals surface area contributed by atoms with Crippen molar-refractivity contribution in [2.24, 2.45) is 11.7 Å². The van der Waals surface area contributed by atoms with Crippen molar-refractivity contribution < 1.29 is 13.5 Å². The van der Waals surface area contributed by atoms with Gasteiger partial charge in [-0.3, -0.25) is 0 Å². The van der Waals surface area contributed by atoms with Crippen molar-refractivity contribution in [2.75, 3.05) is 6.54 Å². The molecule has 0 radical (unpaired) electrons. The molecule has 1 aromatic rings. The fourth-order valence-electron chi connectivity index (χ4n) is 1.63. The molecule has 0 saturated carbocycles. The fraction of sp³-hybridized carbons (Fsp3) is 0.538. The number of hydrogen-bond acceptors (Lipinski definition) is 3. The maximum Gasteiger partial charge on any atom is 0.387 e. The summed E-state index contributed by atoms with van der Waals surface area (Å²) in [5.41, 5.74) is 6.66. The van der Waals surface area contributed by atoms with Gasteiger partial charge in [0.15, 0.2) is 0 Å². The Labute approximate surface area is 106 Å². The first kappa shape index (κ1) is 14.9. The zero-order valence-electron chi connectivity index (χ0n) is 10.7. The highest BCUT2D eigenvalue weighted by atomic mass is 19.3. The number of benzene rings is 1. The van der Waals surface area contributed by atoms with Crippen LogP contribution in [0.1, 0.15) is 19.4 Å². The minimum atomic E-state index is -2.78. The molecular weight excluding hydrogens is 238 g/mol. The molecular formula is C13H20F2N2O. The average Bonchev–Trinajstić information content (AvgIpc) is 2.31. The monoisotopic (exact) mass is 258 g/mol. The van der Waals surface area contributed by atoms with Crippen molar-refractivity contribution in [3.63, 3.8) is 0 Å². The fourth-order valence-corrected chi connectivity index (χ4v) is 1.63. The van der Waals surface area contributed by atoms with E-state index in [4.69, 9.17) is 5.73 Å². The largest absolute Gasteiger partial charge is 0.435 e. The first-order chi connectivity index (χ1) is 8.52. The Morgan fingerprint density at radius 2 is 1.83 bits per heavy atom. The second-order valence-corrected chi connectivity index (χ2v) is 4.49. The third-order valence-corrected chi connectivity index (χ3v) is 2.78.